The van der Waals surface area contributed by atoms with Crippen LogP contribution in [0.5, 0.6) is 0 Å². The van der Waals surface area contributed by atoms with Gasteiger partial charge in [0.2, 0.25) is 5.91 Å². The number of carbonyl (C=O) groups is 2. The van der Waals surface area contributed by atoms with Gasteiger partial charge in [0.05, 0.1) is 12.1 Å². The summed E-state index contributed by atoms with van der Waals surface area (Å²) in [5.41, 5.74) is 1.60. The highest BCUT2D eigenvalue weighted by atomic mass is 19.1. The molecule has 1 aliphatic carbocycles. The molecule has 0 spiro atoms. The molecule has 1 fully saturated rings. The van der Waals surface area contributed by atoms with E-state index in [2.05, 4.69) is 16.0 Å². The molecule has 0 aromatic heterocycles. The second-order valence-corrected chi connectivity index (χ2v) is 5.77. The van der Waals surface area contributed by atoms with Crippen LogP contribution >= 0.6 is 0 Å². The molecule has 2 aromatic carbocycles. The summed E-state index contributed by atoms with van der Waals surface area (Å²) in [5.74, 6) is -0.764. The van der Waals surface area contributed by atoms with Crippen molar-refractivity contribution in [2.24, 2.45) is 0 Å². The molecular weight excluding hydrogens is 309 g/mol. The van der Waals surface area contributed by atoms with Crippen LogP contribution in [0.15, 0.2) is 48.5 Å². The highest BCUT2D eigenvalue weighted by Gasteiger charge is 2.23. The number of hydrogen-bond donors (Lipinski definition) is 3. The van der Waals surface area contributed by atoms with Gasteiger partial charge >= 0.3 is 6.03 Å². The lowest BCUT2D eigenvalue weighted by atomic mass is 10.1. The topological polar surface area (TPSA) is 70.2 Å². The summed E-state index contributed by atoms with van der Waals surface area (Å²) >= 11 is 0. The first kappa shape index (κ1) is 16.0. The predicted molar refractivity (Wildman–Crippen MR) is 90.4 cm³/mol. The third-order valence-corrected chi connectivity index (χ3v) is 3.64. The van der Waals surface area contributed by atoms with E-state index in [9.17, 15) is 14.0 Å². The maximum absolute atomic E-state index is 13.5. The monoisotopic (exact) mass is 327 g/mol. The minimum Gasteiger partial charge on any atom is -0.335 e. The first-order chi connectivity index (χ1) is 11.6. The zero-order valence-corrected chi connectivity index (χ0v) is 13.0. The molecule has 0 unspecified atom stereocenters. The minimum absolute atomic E-state index is 0.128. The van der Waals surface area contributed by atoms with Crippen LogP contribution in [0.25, 0.3) is 0 Å². The van der Waals surface area contributed by atoms with Gasteiger partial charge in [0, 0.05) is 11.7 Å². The third kappa shape index (κ3) is 4.55. The standard InChI is InChI=1S/C18H18FN3O2/c19-15-3-1-2-4-16(15)22-17(23)11-12-5-7-13(8-6-12)20-18(24)21-14-9-10-14/h1-8,14H,9-11H2,(H,22,23)(H2,20,21,24). The van der Waals surface area contributed by atoms with Gasteiger partial charge in [-0.2, -0.15) is 0 Å². The number of benzene rings is 2. The average Bonchev–Trinajstić information content (AvgIpc) is 3.35. The minimum atomic E-state index is -0.466. The zero-order valence-electron chi connectivity index (χ0n) is 13.0. The van der Waals surface area contributed by atoms with E-state index in [1.54, 1.807) is 36.4 Å². The van der Waals surface area contributed by atoms with Crippen LogP contribution in [0.4, 0.5) is 20.6 Å². The normalized spacial score (nSPS) is 13.2. The fourth-order valence-electron chi connectivity index (χ4n) is 2.23. The Labute approximate surface area is 139 Å². The Bertz CT molecular complexity index is 742. The van der Waals surface area contributed by atoms with Gasteiger partial charge in [-0.25, -0.2) is 9.18 Å². The molecule has 2 aromatic rings. The highest BCUT2D eigenvalue weighted by molar-refractivity contribution is 5.92. The van der Waals surface area contributed by atoms with Crippen LogP contribution in [0.2, 0.25) is 0 Å². The van der Waals surface area contributed by atoms with Crippen molar-refractivity contribution >= 4 is 23.3 Å². The van der Waals surface area contributed by atoms with Gasteiger partial charge in [-0.05, 0) is 42.7 Å². The van der Waals surface area contributed by atoms with Crippen molar-refractivity contribution in [2.75, 3.05) is 10.6 Å². The molecule has 0 heterocycles. The van der Waals surface area contributed by atoms with Crippen molar-refractivity contribution in [3.8, 4) is 0 Å². The number of urea groups is 1. The van der Waals surface area contributed by atoms with Gasteiger partial charge < -0.3 is 16.0 Å². The molecular formula is C18H18FN3O2. The van der Waals surface area contributed by atoms with E-state index in [0.29, 0.717) is 11.7 Å². The number of para-hydroxylation sites is 1. The summed E-state index contributed by atoms with van der Waals surface area (Å²) in [5, 5.41) is 8.11. The van der Waals surface area contributed by atoms with E-state index in [1.807, 2.05) is 0 Å². The van der Waals surface area contributed by atoms with Crippen molar-refractivity contribution in [1.29, 1.82) is 0 Å². The fraction of sp³-hybridized carbons (Fsp3) is 0.222. The predicted octanol–water partition coefficient (Wildman–Crippen LogP) is 3.29. The second kappa shape index (κ2) is 7.12. The zero-order chi connectivity index (χ0) is 16.9. The number of hydrogen-bond acceptors (Lipinski definition) is 2. The lowest BCUT2D eigenvalue weighted by molar-refractivity contribution is -0.115. The van der Waals surface area contributed by atoms with Gasteiger partial charge in [-0.3, -0.25) is 4.79 Å². The number of nitrogens with one attached hydrogen (secondary N) is 3. The van der Waals surface area contributed by atoms with Gasteiger partial charge in [0.15, 0.2) is 0 Å². The van der Waals surface area contributed by atoms with E-state index >= 15 is 0 Å². The molecule has 0 saturated heterocycles. The second-order valence-electron chi connectivity index (χ2n) is 5.77. The molecule has 5 nitrogen and oxygen atoms in total. The maximum atomic E-state index is 13.5. The van der Waals surface area contributed by atoms with Crippen molar-refractivity contribution in [3.05, 3.63) is 59.9 Å². The number of amides is 3. The smallest absolute Gasteiger partial charge is 0.319 e. The Balaban J connectivity index is 1.52. The number of carbonyl (C=O) groups excluding carboxylic acids is 2. The van der Waals surface area contributed by atoms with Crippen molar-refractivity contribution in [1.82, 2.24) is 5.32 Å². The van der Waals surface area contributed by atoms with Crippen LogP contribution in [0, 0.1) is 5.82 Å². The molecule has 0 radical (unpaired) electrons. The Kier molecular flexibility index (Phi) is 4.74. The van der Waals surface area contributed by atoms with E-state index in [4.69, 9.17) is 0 Å². The van der Waals surface area contributed by atoms with Crippen LogP contribution < -0.4 is 16.0 Å². The molecule has 24 heavy (non-hydrogen) atoms. The van der Waals surface area contributed by atoms with E-state index in [1.165, 1.54) is 12.1 Å². The lowest BCUT2D eigenvalue weighted by Gasteiger charge is -2.08. The Hall–Kier alpha value is -2.89. The lowest BCUT2D eigenvalue weighted by Crippen LogP contribution is -2.30. The van der Waals surface area contributed by atoms with Gasteiger partial charge in [-0.15, -0.1) is 0 Å². The summed E-state index contributed by atoms with van der Waals surface area (Å²) in [6.07, 6.45) is 2.19. The molecule has 6 heteroatoms. The molecule has 0 bridgehead atoms. The van der Waals surface area contributed by atoms with Gasteiger partial charge in [0.1, 0.15) is 5.82 Å². The molecule has 1 aliphatic rings. The Morgan fingerprint density at radius 2 is 1.71 bits per heavy atom. The quantitative estimate of drug-likeness (QED) is 0.788. The summed E-state index contributed by atoms with van der Waals surface area (Å²) in [7, 11) is 0. The molecule has 124 valence electrons. The molecule has 3 N–H and O–H groups in total. The van der Waals surface area contributed by atoms with Crippen molar-refractivity contribution in [3.63, 3.8) is 0 Å². The summed E-state index contributed by atoms with van der Waals surface area (Å²) in [6, 6.07) is 13.1. The first-order valence-corrected chi connectivity index (χ1v) is 7.81. The summed E-state index contributed by atoms with van der Waals surface area (Å²) < 4.78 is 13.5. The number of halogens is 1. The molecule has 0 atom stereocenters. The number of anilines is 2. The van der Waals surface area contributed by atoms with E-state index in [0.717, 1.165) is 18.4 Å². The molecule has 3 rings (SSSR count). The van der Waals surface area contributed by atoms with E-state index < -0.39 is 5.82 Å². The number of rotatable bonds is 5. The average molecular weight is 327 g/mol. The fourth-order valence-corrected chi connectivity index (χ4v) is 2.23. The Morgan fingerprint density at radius 3 is 2.38 bits per heavy atom. The highest BCUT2D eigenvalue weighted by Crippen LogP contribution is 2.19. The van der Waals surface area contributed by atoms with Crippen LogP contribution in [0.3, 0.4) is 0 Å². The summed E-state index contributed by atoms with van der Waals surface area (Å²) in [6.45, 7) is 0. The van der Waals surface area contributed by atoms with E-state index in [-0.39, 0.29) is 24.0 Å². The largest absolute Gasteiger partial charge is 0.335 e. The van der Waals surface area contributed by atoms with Gasteiger partial charge in [0.25, 0.3) is 0 Å². The summed E-state index contributed by atoms with van der Waals surface area (Å²) in [4.78, 5) is 23.6. The third-order valence-electron chi connectivity index (χ3n) is 3.64. The van der Waals surface area contributed by atoms with Crippen LogP contribution in [0.1, 0.15) is 18.4 Å². The van der Waals surface area contributed by atoms with Crippen molar-refractivity contribution in [2.45, 2.75) is 25.3 Å². The first-order valence-electron chi connectivity index (χ1n) is 7.81. The SMILES string of the molecule is O=C(Cc1ccc(NC(=O)NC2CC2)cc1)Nc1ccccc1F. The molecule has 1 saturated carbocycles. The molecule has 3 amide bonds. The molecule has 0 aliphatic heterocycles. The van der Waals surface area contributed by atoms with Crippen molar-refractivity contribution < 1.29 is 14.0 Å². The Morgan fingerprint density at radius 1 is 1.00 bits per heavy atom. The van der Waals surface area contributed by atoms with Crippen LogP contribution in [-0.2, 0) is 11.2 Å². The maximum Gasteiger partial charge on any atom is 0.319 e. The van der Waals surface area contributed by atoms with Crippen LogP contribution in [-0.4, -0.2) is 18.0 Å². The van der Waals surface area contributed by atoms with Gasteiger partial charge in [-0.1, -0.05) is 24.3 Å².